The molecule has 0 radical (unpaired) electrons. The number of benzene rings is 1. The van der Waals surface area contributed by atoms with Gasteiger partial charge in [0.05, 0.1) is 6.61 Å². The Labute approximate surface area is 114 Å². The normalized spacial score (nSPS) is 10.8. The van der Waals surface area contributed by atoms with Crippen LogP contribution < -0.4 is 5.32 Å². The van der Waals surface area contributed by atoms with Crippen molar-refractivity contribution < 1.29 is 5.11 Å². The molecular weight excluding hydrogens is 236 g/mol. The van der Waals surface area contributed by atoms with Gasteiger partial charge in [0.1, 0.15) is 0 Å². The van der Waals surface area contributed by atoms with E-state index in [1.54, 1.807) is 0 Å². The summed E-state index contributed by atoms with van der Waals surface area (Å²) in [5.74, 6) is 0. The third-order valence-corrected chi connectivity index (χ3v) is 3.21. The van der Waals surface area contributed by atoms with Crippen LogP contribution in [-0.4, -0.2) is 16.2 Å². The number of aliphatic hydroxyl groups excluding tert-OH is 1. The van der Waals surface area contributed by atoms with E-state index in [2.05, 4.69) is 47.3 Å². The van der Waals surface area contributed by atoms with Gasteiger partial charge < -0.3 is 15.0 Å². The maximum Gasteiger partial charge on any atom is 0.0681 e. The minimum absolute atomic E-state index is 0.107. The van der Waals surface area contributed by atoms with Crippen LogP contribution in [0.5, 0.6) is 0 Å². The van der Waals surface area contributed by atoms with E-state index in [-0.39, 0.29) is 6.61 Å². The van der Waals surface area contributed by atoms with Crippen molar-refractivity contribution >= 4 is 0 Å². The van der Waals surface area contributed by atoms with Gasteiger partial charge in [-0.1, -0.05) is 31.2 Å². The predicted molar refractivity (Wildman–Crippen MR) is 77.9 cm³/mol. The Balaban J connectivity index is 1.99. The zero-order valence-corrected chi connectivity index (χ0v) is 11.5. The van der Waals surface area contributed by atoms with Crippen LogP contribution in [-0.2, 0) is 19.7 Å². The van der Waals surface area contributed by atoms with Gasteiger partial charge in [-0.25, -0.2) is 0 Å². The average Bonchev–Trinajstić information content (AvgIpc) is 2.87. The summed E-state index contributed by atoms with van der Waals surface area (Å²) in [7, 11) is 0. The summed E-state index contributed by atoms with van der Waals surface area (Å²) in [6.45, 7) is 5.12. The Morgan fingerprint density at radius 3 is 2.53 bits per heavy atom. The number of aromatic nitrogens is 1. The Morgan fingerprint density at radius 2 is 1.84 bits per heavy atom. The molecule has 3 nitrogen and oxygen atoms in total. The lowest BCUT2D eigenvalue weighted by molar-refractivity contribution is 0.282. The number of hydrogen-bond donors (Lipinski definition) is 2. The van der Waals surface area contributed by atoms with Gasteiger partial charge in [-0.15, -0.1) is 0 Å². The minimum Gasteiger partial charge on any atom is -0.392 e. The molecule has 0 aliphatic heterocycles. The van der Waals surface area contributed by atoms with E-state index < -0.39 is 0 Å². The van der Waals surface area contributed by atoms with Gasteiger partial charge in [0.2, 0.25) is 0 Å². The van der Waals surface area contributed by atoms with Crippen molar-refractivity contribution in [2.75, 3.05) is 6.54 Å². The van der Waals surface area contributed by atoms with E-state index in [1.165, 1.54) is 11.3 Å². The molecule has 0 amide bonds. The molecule has 102 valence electrons. The maximum absolute atomic E-state index is 9.04. The van der Waals surface area contributed by atoms with Crippen molar-refractivity contribution in [3.63, 3.8) is 0 Å². The second-order valence-electron chi connectivity index (χ2n) is 4.78. The van der Waals surface area contributed by atoms with Crippen molar-refractivity contribution in [1.29, 1.82) is 0 Å². The van der Waals surface area contributed by atoms with Crippen LogP contribution in [0.4, 0.5) is 0 Å². The predicted octanol–water partition coefficient (Wildman–Crippen LogP) is 2.53. The molecule has 0 saturated carbocycles. The second-order valence-corrected chi connectivity index (χ2v) is 4.78. The zero-order chi connectivity index (χ0) is 13.5. The lowest BCUT2D eigenvalue weighted by Crippen LogP contribution is -2.17. The summed E-state index contributed by atoms with van der Waals surface area (Å²) in [6, 6.07) is 12.4. The van der Waals surface area contributed by atoms with Crippen molar-refractivity contribution in [3.05, 3.63) is 59.4 Å². The number of rotatable bonds is 7. The van der Waals surface area contributed by atoms with Crippen LogP contribution in [0.3, 0.4) is 0 Å². The third-order valence-electron chi connectivity index (χ3n) is 3.21. The smallest absolute Gasteiger partial charge is 0.0681 e. The lowest BCUT2D eigenvalue weighted by Gasteiger charge is -2.10. The van der Waals surface area contributed by atoms with Crippen molar-refractivity contribution in [2.24, 2.45) is 0 Å². The summed E-state index contributed by atoms with van der Waals surface area (Å²) in [6.07, 6.45) is 3.27. The fraction of sp³-hybridized carbons (Fsp3) is 0.375. The molecule has 0 atom stereocenters. The molecule has 0 aliphatic carbocycles. The molecule has 2 rings (SSSR count). The molecule has 3 heteroatoms. The quantitative estimate of drug-likeness (QED) is 0.749. The molecule has 19 heavy (non-hydrogen) atoms. The van der Waals surface area contributed by atoms with Crippen LogP contribution in [0.15, 0.2) is 42.6 Å². The first-order valence-electron chi connectivity index (χ1n) is 6.87. The summed E-state index contributed by atoms with van der Waals surface area (Å²) in [4.78, 5) is 0. The van der Waals surface area contributed by atoms with Gasteiger partial charge in [-0.3, -0.25) is 0 Å². The number of aliphatic hydroxyl groups is 1. The Morgan fingerprint density at radius 1 is 1.11 bits per heavy atom. The Hall–Kier alpha value is -1.58. The fourth-order valence-electron chi connectivity index (χ4n) is 2.10. The SMILES string of the molecule is CCCNCc1cccn1Cc1ccc(CO)cc1. The highest BCUT2D eigenvalue weighted by molar-refractivity contribution is 5.23. The van der Waals surface area contributed by atoms with Crippen LogP contribution >= 0.6 is 0 Å². The highest BCUT2D eigenvalue weighted by atomic mass is 16.3. The van der Waals surface area contributed by atoms with Gasteiger partial charge in [0.15, 0.2) is 0 Å². The van der Waals surface area contributed by atoms with Gasteiger partial charge >= 0.3 is 0 Å². The molecule has 0 unspecified atom stereocenters. The molecule has 0 saturated heterocycles. The first-order chi connectivity index (χ1) is 9.33. The van der Waals surface area contributed by atoms with E-state index in [0.29, 0.717) is 0 Å². The maximum atomic E-state index is 9.04. The molecule has 1 aromatic carbocycles. The fourth-order valence-corrected chi connectivity index (χ4v) is 2.10. The molecule has 1 aromatic heterocycles. The van der Waals surface area contributed by atoms with E-state index in [4.69, 9.17) is 5.11 Å². The van der Waals surface area contributed by atoms with Gasteiger partial charge in [0, 0.05) is 25.0 Å². The van der Waals surface area contributed by atoms with Crippen LogP contribution in [0.2, 0.25) is 0 Å². The second kappa shape index (κ2) is 7.12. The van der Waals surface area contributed by atoms with Crippen LogP contribution in [0.25, 0.3) is 0 Å². The third kappa shape index (κ3) is 3.94. The first kappa shape index (κ1) is 13.8. The topological polar surface area (TPSA) is 37.2 Å². The zero-order valence-electron chi connectivity index (χ0n) is 11.5. The van der Waals surface area contributed by atoms with Crippen molar-refractivity contribution in [1.82, 2.24) is 9.88 Å². The Kier molecular flexibility index (Phi) is 5.19. The van der Waals surface area contributed by atoms with E-state index in [9.17, 15) is 0 Å². The van der Waals surface area contributed by atoms with Crippen LogP contribution in [0.1, 0.15) is 30.2 Å². The van der Waals surface area contributed by atoms with E-state index >= 15 is 0 Å². The highest BCUT2D eigenvalue weighted by Crippen LogP contribution is 2.09. The first-order valence-corrected chi connectivity index (χ1v) is 6.87. The van der Waals surface area contributed by atoms with Gasteiger partial charge in [-0.05, 0) is 36.2 Å². The lowest BCUT2D eigenvalue weighted by atomic mass is 10.1. The van der Waals surface area contributed by atoms with Gasteiger partial charge in [0.25, 0.3) is 0 Å². The summed E-state index contributed by atoms with van der Waals surface area (Å²) in [5, 5.41) is 12.5. The molecular formula is C16H22N2O. The molecule has 0 spiro atoms. The average molecular weight is 258 g/mol. The molecule has 2 aromatic rings. The molecule has 2 N–H and O–H groups in total. The Bertz CT molecular complexity index is 488. The number of nitrogens with one attached hydrogen (secondary N) is 1. The number of nitrogens with zero attached hydrogens (tertiary/aromatic N) is 1. The monoisotopic (exact) mass is 258 g/mol. The molecule has 1 heterocycles. The van der Waals surface area contributed by atoms with Crippen LogP contribution in [0, 0.1) is 0 Å². The number of hydrogen-bond acceptors (Lipinski definition) is 2. The van der Waals surface area contributed by atoms with E-state index in [0.717, 1.165) is 31.6 Å². The van der Waals surface area contributed by atoms with Gasteiger partial charge in [-0.2, -0.15) is 0 Å². The van der Waals surface area contributed by atoms with Crippen molar-refractivity contribution in [3.8, 4) is 0 Å². The largest absolute Gasteiger partial charge is 0.392 e. The highest BCUT2D eigenvalue weighted by Gasteiger charge is 2.01. The molecule has 0 aliphatic rings. The summed E-state index contributed by atoms with van der Waals surface area (Å²) < 4.78 is 2.26. The molecule has 0 bridgehead atoms. The minimum atomic E-state index is 0.107. The summed E-state index contributed by atoms with van der Waals surface area (Å²) in [5.41, 5.74) is 3.52. The summed E-state index contributed by atoms with van der Waals surface area (Å²) >= 11 is 0. The standard InChI is InChI=1S/C16H22N2O/c1-2-9-17-11-16-4-3-10-18(16)12-14-5-7-15(13-19)8-6-14/h3-8,10,17,19H,2,9,11-13H2,1H3. The van der Waals surface area contributed by atoms with Crippen molar-refractivity contribution in [2.45, 2.75) is 33.0 Å². The van der Waals surface area contributed by atoms with E-state index in [1.807, 2.05) is 12.1 Å². The molecule has 0 fully saturated rings.